The van der Waals surface area contributed by atoms with E-state index < -0.39 is 18.1 Å². The van der Waals surface area contributed by atoms with E-state index in [1.165, 1.54) is 4.90 Å². The van der Waals surface area contributed by atoms with Gasteiger partial charge in [0.05, 0.1) is 11.5 Å². The SMILES string of the molecule is CCOC(=O)C1COC(=O)N1C1CCN(C(=O)Cn2ccc(-c3cccs3)n2)CC1. The van der Waals surface area contributed by atoms with Gasteiger partial charge in [0.25, 0.3) is 0 Å². The van der Waals surface area contributed by atoms with Crippen molar-refractivity contribution < 1.29 is 23.9 Å². The Morgan fingerprint density at radius 3 is 2.80 bits per heavy atom. The van der Waals surface area contributed by atoms with Gasteiger partial charge in [-0.25, -0.2) is 9.59 Å². The maximum absolute atomic E-state index is 12.7. The van der Waals surface area contributed by atoms with Gasteiger partial charge in [0, 0.05) is 25.3 Å². The zero-order valence-electron chi connectivity index (χ0n) is 16.7. The molecule has 2 aliphatic rings. The van der Waals surface area contributed by atoms with Crippen molar-refractivity contribution in [2.75, 3.05) is 26.3 Å². The molecule has 0 aliphatic carbocycles. The number of aromatic nitrogens is 2. The van der Waals surface area contributed by atoms with Gasteiger partial charge in [-0.2, -0.15) is 5.10 Å². The molecule has 2 aromatic rings. The van der Waals surface area contributed by atoms with Crippen LogP contribution in [0.4, 0.5) is 4.79 Å². The van der Waals surface area contributed by atoms with Crippen molar-refractivity contribution in [3.63, 3.8) is 0 Å². The quantitative estimate of drug-likeness (QED) is 0.648. The van der Waals surface area contributed by atoms with Crippen LogP contribution in [-0.2, 0) is 25.6 Å². The second-order valence-electron chi connectivity index (χ2n) is 7.24. The van der Waals surface area contributed by atoms with Crippen molar-refractivity contribution in [1.82, 2.24) is 19.6 Å². The summed E-state index contributed by atoms with van der Waals surface area (Å²) in [7, 11) is 0. The van der Waals surface area contributed by atoms with E-state index in [1.807, 2.05) is 29.8 Å². The Morgan fingerprint density at radius 2 is 2.10 bits per heavy atom. The van der Waals surface area contributed by atoms with E-state index in [0.717, 1.165) is 10.6 Å². The minimum atomic E-state index is -0.704. The van der Waals surface area contributed by atoms with Crippen LogP contribution >= 0.6 is 11.3 Å². The van der Waals surface area contributed by atoms with Gasteiger partial charge in [0.2, 0.25) is 5.91 Å². The van der Waals surface area contributed by atoms with Crippen molar-refractivity contribution in [2.24, 2.45) is 0 Å². The summed E-state index contributed by atoms with van der Waals surface area (Å²) < 4.78 is 11.8. The van der Waals surface area contributed by atoms with E-state index in [1.54, 1.807) is 27.8 Å². The molecule has 4 rings (SSSR count). The lowest BCUT2D eigenvalue weighted by atomic mass is 10.0. The molecule has 30 heavy (non-hydrogen) atoms. The Balaban J connectivity index is 1.32. The molecule has 0 radical (unpaired) electrons. The van der Waals surface area contributed by atoms with E-state index in [4.69, 9.17) is 9.47 Å². The van der Waals surface area contributed by atoms with E-state index >= 15 is 0 Å². The van der Waals surface area contributed by atoms with Crippen LogP contribution in [0.1, 0.15) is 19.8 Å². The first-order valence-electron chi connectivity index (χ1n) is 10.0. The second kappa shape index (κ2) is 8.86. The molecule has 1 atom stereocenters. The van der Waals surface area contributed by atoms with Gasteiger partial charge in [0.15, 0.2) is 6.04 Å². The maximum Gasteiger partial charge on any atom is 0.410 e. The third-order valence-electron chi connectivity index (χ3n) is 5.39. The largest absolute Gasteiger partial charge is 0.464 e. The Morgan fingerprint density at radius 1 is 1.30 bits per heavy atom. The molecular formula is C20H24N4O5S. The molecule has 4 heterocycles. The molecule has 0 N–H and O–H groups in total. The average Bonchev–Trinajstić information content (AvgIpc) is 3.49. The zero-order chi connectivity index (χ0) is 21.1. The Kier molecular flexibility index (Phi) is 6.03. The lowest BCUT2D eigenvalue weighted by Crippen LogP contribution is -2.52. The first-order valence-corrected chi connectivity index (χ1v) is 10.9. The summed E-state index contributed by atoms with van der Waals surface area (Å²) in [4.78, 5) is 41.3. The number of likely N-dealkylation sites (tertiary alicyclic amines) is 1. The number of hydrogen-bond donors (Lipinski definition) is 0. The first-order chi connectivity index (χ1) is 14.6. The highest BCUT2D eigenvalue weighted by molar-refractivity contribution is 7.13. The first kappa shape index (κ1) is 20.4. The second-order valence-corrected chi connectivity index (χ2v) is 8.19. The van der Waals surface area contributed by atoms with Crippen LogP contribution in [0.2, 0.25) is 0 Å². The molecule has 2 aromatic heterocycles. The van der Waals surface area contributed by atoms with E-state index in [-0.39, 0.29) is 31.7 Å². The molecule has 0 aromatic carbocycles. The predicted octanol–water partition coefficient (Wildman–Crippen LogP) is 1.99. The van der Waals surface area contributed by atoms with Crippen LogP contribution in [-0.4, -0.2) is 75.9 Å². The monoisotopic (exact) mass is 432 g/mol. The number of hydrogen-bond acceptors (Lipinski definition) is 7. The average molecular weight is 433 g/mol. The fourth-order valence-electron chi connectivity index (χ4n) is 3.89. The minimum Gasteiger partial charge on any atom is -0.464 e. The summed E-state index contributed by atoms with van der Waals surface area (Å²) in [5.41, 5.74) is 0.856. The lowest BCUT2D eigenvalue weighted by Gasteiger charge is -2.37. The zero-order valence-corrected chi connectivity index (χ0v) is 17.5. The molecule has 0 saturated carbocycles. The normalized spacial score (nSPS) is 19.8. The summed E-state index contributed by atoms with van der Waals surface area (Å²) in [6.45, 7) is 3.21. The van der Waals surface area contributed by atoms with Crippen molar-refractivity contribution >= 4 is 29.3 Å². The number of ether oxygens (including phenoxy) is 2. The molecule has 2 saturated heterocycles. The molecule has 0 bridgehead atoms. The van der Waals surface area contributed by atoms with Gasteiger partial charge < -0.3 is 14.4 Å². The fourth-order valence-corrected chi connectivity index (χ4v) is 4.58. The summed E-state index contributed by atoms with van der Waals surface area (Å²) >= 11 is 1.61. The van der Waals surface area contributed by atoms with Gasteiger partial charge in [0.1, 0.15) is 18.8 Å². The molecule has 2 aliphatic heterocycles. The summed E-state index contributed by atoms with van der Waals surface area (Å²) in [6, 6.07) is 5.02. The molecule has 1 unspecified atom stereocenters. The van der Waals surface area contributed by atoms with Gasteiger partial charge in [-0.3, -0.25) is 14.4 Å². The molecule has 2 amide bonds. The van der Waals surface area contributed by atoms with E-state index in [9.17, 15) is 14.4 Å². The number of amides is 2. The van der Waals surface area contributed by atoms with Gasteiger partial charge in [-0.05, 0) is 37.3 Å². The standard InChI is InChI=1S/C20H24N4O5S/c1-2-28-19(26)16-13-29-20(27)24(16)14-5-8-22(9-6-14)18(25)12-23-10-7-15(21-23)17-4-3-11-30-17/h3-4,7,10-11,14,16H,2,5-6,8-9,12-13H2,1H3. The van der Waals surface area contributed by atoms with Crippen LogP contribution in [0.3, 0.4) is 0 Å². The number of thiophene rings is 1. The topological polar surface area (TPSA) is 94.0 Å². The van der Waals surface area contributed by atoms with Crippen molar-refractivity contribution in [3.8, 4) is 10.6 Å². The number of esters is 1. The molecule has 2 fully saturated rings. The molecule has 9 nitrogen and oxygen atoms in total. The highest BCUT2D eigenvalue weighted by atomic mass is 32.1. The van der Waals surface area contributed by atoms with Crippen LogP contribution in [0, 0.1) is 0 Å². The maximum atomic E-state index is 12.7. The number of nitrogens with zero attached hydrogens (tertiary/aromatic N) is 4. The number of rotatable bonds is 6. The molecular weight excluding hydrogens is 408 g/mol. The number of carbonyl (C=O) groups excluding carboxylic acids is 3. The lowest BCUT2D eigenvalue weighted by molar-refractivity contribution is -0.149. The summed E-state index contributed by atoms with van der Waals surface area (Å²) in [6.07, 6.45) is 2.51. The van der Waals surface area contributed by atoms with Crippen molar-refractivity contribution in [2.45, 2.75) is 38.4 Å². The summed E-state index contributed by atoms with van der Waals surface area (Å²) in [5.74, 6) is -0.456. The van der Waals surface area contributed by atoms with Crippen LogP contribution in [0.15, 0.2) is 29.8 Å². The van der Waals surface area contributed by atoms with E-state index in [0.29, 0.717) is 25.9 Å². The highest BCUT2D eigenvalue weighted by Crippen LogP contribution is 2.25. The Labute approximate surface area is 178 Å². The Bertz CT molecular complexity index is 904. The van der Waals surface area contributed by atoms with Crippen LogP contribution < -0.4 is 0 Å². The predicted molar refractivity (Wildman–Crippen MR) is 109 cm³/mol. The number of piperidine rings is 1. The number of cyclic esters (lactones) is 1. The van der Waals surface area contributed by atoms with Gasteiger partial charge in [-0.15, -0.1) is 11.3 Å². The number of carbonyl (C=O) groups is 3. The third kappa shape index (κ3) is 4.18. The third-order valence-corrected chi connectivity index (χ3v) is 6.28. The Hall–Kier alpha value is -2.88. The fraction of sp³-hybridized carbons (Fsp3) is 0.500. The molecule has 160 valence electrons. The van der Waals surface area contributed by atoms with Gasteiger partial charge in [-0.1, -0.05) is 6.07 Å². The molecule has 0 spiro atoms. The van der Waals surface area contributed by atoms with Crippen molar-refractivity contribution in [1.29, 1.82) is 0 Å². The van der Waals surface area contributed by atoms with Crippen molar-refractivity contribution in [3.05, 3.63) is 29.8 Å². The smallest absolute Gasteiger partial charge is 0.410 e. The minimum absolute atomic E-state index is 0.0137. The van der Waals surface area contributed by atoms with Crippen LogP contribution in [0.25, 0.3) is 10.6 Å². The summed E-state index contributed by atoms with van der Waals surface area (Å²) in [5, 5.41) is 6.47. The molecule has 10 heteroatoms. The highest BCUT2D eigenvalue weighted by Gasteiger charge is 2.44. The van der Waals surface area contributed by atoms with Crippen LogP contribution in [0.5, 0.6) is 0 Å². The van der Waals surface area contributed by atoms with Gasteiger partial charge >= 0.3 is 12.1 Å². The van der Waals surface area contributed by atoms with E-state index in [2.05, 4.69) is 5.10 Å².